The van der Waals surface area contributed by atoms with Crippen LogP contribution in [0.3, 0.4) is 0 Å². The molecule has 0 unspecified atom stereocenters. The van der Waals surface area contributed by atoms with E-state index in [2.05, 4.69) is 26.9 Å². The Morgan fingerprint density at radius 2 is 1.83 bits per heavy atom. The van der Waals surface area contributed by atoms with Crippen molar-refractivity contribution < 1.29 is 13.2 Å². The van der Waals surface area contributed by atoms with Crippen molar-refractivity contribution >= 4 is 21.6 Å². The monoisotopic (exact) mass is 354 g/mol. The standard InChI is InChI=1S/C16H26N4O3S/c1-19-10-12-20(13-11-19)9-5-8-17-16(21)14-6-3-4-7-15(14)18-24(2,22)23/h3-4,6-7,18H,5,8-13H2,1-2H3,(H,17,21). The molecule has 0 aliphatic carbocycles. The zero-order chi connectivity index (χ0) is 17.6. The van der Waals surface area contributed by atoms with Crippen LogP contribution in [0.2, 0.25) is 0 Å². The lowest BCUT2D eigenvalue weighted by molar-refractivity contribution is 0.0950. The van der Waals surface area contributed by atoms with Crippen LogP contribution in [0.5, 0.6) is 0 Å². The molecule has 24 heavy (non-hydrogen) atoms. The summed E-state index contributed by atoms with van der Waals surface area (Å²) in [4.78, 5) is 17.0. The van der Waals surface area contributed by atoms with E-state index in [1.165, 1.54) is 0 Å². The molecule has 0 saturated carbocycles. The van der Waals surface area contributed by atoms with Gasteiger partial charge in [0.05, 0.1) is 17.5 Å². The molecule has 1 fully saturated rings. The van der Waals surface area contributed by atoms with Gasteiger partial charge in [0, 0.05) is 32.7 Å². The maximum atomic E-state index is 12.3. The summed E-state index contributed by atoms with van der Waals surface area (Å²) < 4.78 is 25.1. The van der Waals surface area contributed by atoms with Crippen molar-refractivity contribution in [3.63, 3.8) is 0 Å². The van der Waals surface area contributed by atoms with E-state index < -0.39 is 10.0 Å². The molecule has 2 N–H and O–H groups in total. The first-order valence-corrected chi connectivity index (χ1v) is 10.0. The summed E-state index contributed by atoms with van der Waals surface area (Å²) in [5, 5.41) is 2.86. The van der Waals surface area contributed by atoms with Gasteiger partial charge in [-0.15, -0.1) is 0 Å². The highest BCUT2D eigenvalue weighted by molar-refractivity contribution is 7.92. The molecule has 1 aliphatic rings. The molecule has 8 heteroatoms. The number of likely N-dealkylation sites (N-methyl/N-ethyl adjacent to an activating group) is 1. The highest BCUT2D eigenvalue weighted by atomic mass is 32.2. The fourth-order valence-electron chi connectivity index (χ4n) is 2.64. The van der Waals surface area contributed by atoms with E-state index >= 15 is 0 Å². The fraction of sp³-hybridized carbons (Fsp3) is 0.562. The molecule has 1 aliphatic heterocycles. The number of amides is 1. The van der Waals surface area contributed by atoms with Gasteiger partial charge in [-0.05, 0) is 32.1 Å². The Morgan fingerprint density at radius 1 is 1.17 bits per heavy atom. The van der Waals surface area contributed by atoms with Crippen LogP contribution in [-0.4, -0.2) is 76.7 Å². The van der Waals surface area contributed by atoms with E-state index in [1.54, 1.807) is 24.3 Å². The van der Waals surface area contributed by atoms with Crippen molar-refractivity contribution in [3.8, 4) is 0 Å². The van der Waals surface area contributed by atoms with Gasteiger partial charge in [0.1, 0.15) is 0 Å². The van der Waals surface area contributed by atoms with Gasteiger partial charge in [0.2, 0.25) is 10.0 Å². The van der Waals surface area contributed by atoms with Gasteiger partial charge in [-0.2, -0.15) is 0 Å². The van der Waals surface area contributed by atoms with Gasteiger partial charge in [0.15, 0.2) is 0 Å². The quantitative estimate of drug-likeness (QED) is 0.694. The van der Waals surface area contributed by atoms with Gasteiger partial charge in [0.25, 0.3) is 5.91 Å². The molecular weight excluding hydrogens is 328 g/mol. The molecule has 7 nitrogen and oxygen atoms in total. The second kappa shape index (κ2) is 8.46. The zero-order valence-corrected chi connectivity index (χ0v) is 15.1. The van der Waals surface area contributed by atoms with Crippen molar-refractivity contribution in [3.05, 3.63) is 29.8 Å². The molecule has 1 heterocycles. The SMILES string of the molecule is CN1CCN(CCCNC(=O)c2ccccc2NS(C)(=O)=O)CC1. The minimum absolute atomic E-state index is 0.264. The summed E-state index contributed by atoms with van der Waals surface area (Å²) >= 11 is 0. The molecule has 0 spiro atoms. The van der Waals surface area contributed by atoms with Gasteiger partial charge >= 0.3 is 0 Å². The van der Waals surface area contributed by atoms with Crippen LogP contribution in [0, 0.1) is 0 Å². The average Bonchev–Trinajstić information content (AvgIpc) is 2.52. The molecule has 0 atom stereocenters. The van der Waals surface area contributed by atoms with Crippen molar-refractivity contribution in [1.82, 2.24) is 15.1 Å². The second-order valence-corrected chi connectivity index (χ2v) is 7.92. The third kappa shape index (κ3) is 6.10. The predicted octanol–water partition coefficient (Wildman–Crippen LogP) is 0.425. The molecule has 0 radical (unpaired) electrons. The van der Waals surface area contributed by atoms with Crippen LogP contribution in [0.1, 0.15) is 16.8 Å². The van der Waals surface area contributed by atoms with Crippen LogP contribution in [0.4, 0.5) is 5.69 Å². The molecular formula is C16H26N4O3S. The number of anilines is 1. The van der Waals surface area contributed by atoms with Crippen LogP contribution in [0.25, 0.3) is 0 Å². The normalized spacial score (nSPS) is 16.8. The summed E-state index contributed by atoms with van der Waals surface area (Å²) in [6, 6.07) is 6.60. The average molecular weight is 354 g/mol. The van der Waals surface area contributed by atoms with Crippen LogP contribution >= 0.6 is 0 Å². The molecule has 2 rings (SSSR count). The second-order valence-electron chi connectivity index (χ2n) is 6.17. The van der Waals surface area contributed by atoms with Gasteiger partial charge in [-0.3, -0.25) is 9.52 Å². The highest BCUT2D eigenvalue weighted by Gasteiger charge is 2.15. The number of rotatable bonds is 7. The van der Waals surface area contributed by atoms with Crippen molar-refractivity contribution in [2.45, 2.75) is 6.42 Å². The van der Waals surface area contributed by atoms with Crippen molar-refractivity contribution in [1.29, 1.82) is 0 Å². The molecule has 134 valence electrons. The molecule has 1 amide bonds. The van der Waals surface area contributed by atoms with Gasteiger partial charge in [-0.1, -0.05) is 12.1 Å². The van der Waals surface area contributed by atoms with Gasteiger partial charge < -0.3 is 15.1 Å². The minimum Gasteiger partial charge on any atom is -0.352 e. The number of hydrogen-bond donors (Lipinski definition) is 2. The van der Waals surface area contributed by atoms with E-state index in [1.807, 2.05) is 0 Å². The summed E-state index contributed by atoms with van der Waals surface area (Å²) in [6.07, 6.45) is 1.94. The number of sulfonamides is 1. The number of nitrogens with zero attached hydrogens (tertiary/aromatic N) is 2. The summed E-state index contributed by atoms with van der Waals surface area (Å²) in [5.74, 6) is -0.264. The highest BCUT2D eigenvalue weighted by Crippen LogP contribution is 2.16. The topological polar surface area (TPSA) is 81.8 Å². The zero-order valence-electron chi connectivity index (χ0n) is 14.3. The molecule has 1 saturated heterocycles. The molecule has 0 bridgehead atoms. The third-order valence-corrected chi connectivity index (χ3v) is 4.59. The van der Waals surface area contributed by atoms with E-state index in [0.717, 1.165) is 45.4 Å². The Bertz CT molecular complexity index is 655. The van der Waals surface area contributed by atoms with Crippen LogP contribution < -0.4 is 10.0 Å². The van der Waals surface area contributed by atoms with E-state index in [-0.39, 0.29) is 5.91 Å². The smallest absolute Gasteiger partial charge is 0.253 e. The van der Waals surface area contributed by atoms with Crippen LogP contribution in [0.15, 0.2) is 24.3 Å². The Kier molecular flexibility index (Phi) is 6.59. The number of carbonyl (C=O) groups is 1. The van der Waals surface area contributed by atoms with E-state index in [4.69, 9.17) is 0 Å². The van der Waals surface area contributed by atoms with Crippen molar-refractivity contribution in [2.75, 3.05) is 57.3 Å². The Morgan fingerprint density at radius 3 is 2.50 bits per heavy atom. The number of nitrogens with one attached hydrogen (secondary N) is 2. The van der Waals surface area contributed by atoms with Gasteiger partial charge in [-0.25, -0.2) is 8.42 Å². The Labute approximate surface area is 144 Å². The first-order valence-electron chi connectivity index (χ1n) is 8.11. The lowest BCUT2D eigenvalue weighted by atomic mass is 10.1. The fourth-order valence-corrected chi connectivity index (χ4v) is 3.22. The molecule has 1 aromatic carbocycles. The largest absolute Gasteiger partial charge is 0.352 e. The summed E-state index contributed by atoms with van der Waals surface area (Å²) in [7, 11) is -1.29. The van der Waals surface area contributed by atoms with E-state index in [0.29, 0.717) is 17.8 Å². The van der Waals surface area contributed by atoms with E-state index in [9.17, 15) is 13.2 Å². The lowest BCUT2D eigenvalue weighted by Gasteiger charge is -2.32. The maximum Gasteiger partial charge on any atom is 0.253 e. The predicted molar refractivity (Wildman–Crippen MR) is 95.8 cm³/mol. The number of carbonyl (C=O) groups excluding carboxylic acids is 1. The minimum atomic E-state index is -3.42. The summed E-state index contributed by atoms with van der Waals surface area (Å²) in [5.41, 5.74) is 0.638. The number of hydrogen-bond acceptors (Lipinski definition) is 5. The molecule has 1 aromatic rings. The Hall–Kier alpha value is -1.64. The maximum absolute atomic E-state index is 12.3. The Balaban J connectivity index is 1.80. The first-order chi connectivity index (χ1) is 11.3. The van der Waals surface area contributed by atoms with Crippen molar-refractivity contribution in [2.24, 2.45) is 0 Å². The van der Waals surface area contributed by atoms with Crippen LogP contribution in [-0.2, 0) is 10.0 Å². The lowest BCUT2D eigenvalue weighted by Crippen LogP contribution is -2.45. The third-order valence-electron chi connectivity index (χ3n) is 4.00. The summed E-state index contributed by atoms with van der Waals surface area (Å²) in [6.45, 7) is 5.81. The number of benzene rings is 1. The number of piperazine rings is 1. The molecule has 0 aromatic heterocycles. The first kappa shape index (κ1) is 18.7. The number of para-hydroxylation sites is 1.